The van der Waals surface area contributed by atoms with Crippen LogP contribution >= 0.6 is 0 Å². The second-order valence-corrected chi connectivity index (χ2v) is 3.43. The third kappa shape index (κ3) is 3.35. The van der Waals surface area contributed by atoms with Gasteiger partial charge in [0.05, 0.1) is 13.2 Å². The van der Waals surface area contributed by atoms with E-state index in [1.807, 2.05) is 6.92 Å². The fourth-order valence-electron chi connectivity index (χ4n) is 1.32. The van der Waals surface area contributed by atoms with Gasteiger partial charge in [0.15, 0.2) is 17.6 Å². The summed E-state index contributed by atoms with van der Waals surface area (Å²) in [4.78, 5) is 10.7. The molecule has 0 radical (unpaired) electrons. The maximum atomic E-state index is 10.7. The third-order valence-corrected chi connectivity index (χ3v) is 2.17. The molecule has 1 atom stereocenters. The summed E-state index contributed by atoms with van der Waals surface area (Å²) >= 11 is 0. The van der Waals surface area contributed by atoms with E-state index in [2.05, 4.69) is 0 Å². The van der Waals surface area contributed by atoms with Crippen LogP contribution < -0.4 is 9.47 Å². The lowest BCUT2D eigenvalue weighted by Crippen LogP contribution is -2.23. The minimum Gasteiger partial charge on any atom is -0.490 e. The molecule has 0 aliphatic heterocycles. The summed E-state index contributed by atoms with van der Waals surface area (Å²) in [7, 11) is 0. The van der Waals surface area contributed by atoms with E-state index in [0.29, 0.717) is 17.9 Å². The summed E-state index contributed by atoms with van der Waals surface area (Å²) in [5.74, 6) is -0.348. The monoisotopic (exact) mass is 240 g/mol. The molecular weight excluding hydrogens is 224 g/mol. The molecule has 5 nitrogen and oxygen atoms in total. The summed E-state index contributed by atoms with van der Waals surface area (Å²) in [6, 6.07) is 5.05. The maximum absolute atomic E-state index is 10.7. The molecule has 0 bridgehead atoms. The number of rotatable bonds is 6. The van der Waals surface area contributed by atoms with E-state index in [1.165, 1.54) is 6.92 Å². The molecule has 0 aliphatic carbocycles. The molecule has 94 valence electrons. The number of ether oxygens (including phenoxy) is 2. The van der Waals surface area contributed by atoms with Crippen LogP contribution in [0, 0.1) is 0 Å². The lowest BCUT2D eigenvalue weighted by atomic mass is 10.2. The van der Waals surface area contributed by atoms with Gasteiger partial charge in [-0.25, -0.2) is 4.79 Å². The van der Waals surface area contributed by atoms with Gasteiger partial charge in [0.25, 0.3) is 0 Å². The maximum Gasteiger partial charge on any atom is 0.344 e. The molecule has 0 spiro atoms. The number of carboxylic acids is 1. The van der Waals surface area contributed by atoms with E-state index in [4.69, 9.17) is 14.6 Å². The molecule has 0 saturated carbocycles. The lowest BCUT2D eigenvalue weighted by molar-refractivity contribution is -0.144. The van der Waals surface area contributed by atoms with Gasteiger partial charge < -0.3 is 19.7 Å². The van der Waals surface area contributed by atoms with Gasteiger partial charge in [-0.3, -0.25) is 0 Å². The number of aliphatic hydroxyl groups excluding tert-OH is 1. The number of hydrogen-bond donors (Lipinski definition) is 2. The smallest absolute Gasteiger partial charge is 0.344 e. The Hall–Kier alpha value is -1.75. The molecule has 0 aromatic heterocycles. The van der Waals surface area contributed by atoms with Crippen molar-refractivity contribution in [1.82, 2.24) is 0 Å². The van der Waals surface area contributed by atoms with Gasteiger partial charge in [0.2, 0.25) is 0 Å². The Kier molecular flexibility index (Phi) is 4.78. The van der Waals surface area contributed by atoms with E-state index in [1.54, 1.807) is 18.2 Å². The van der Waals surface area contributed by atoms with Crippen LogP contribution in [-0.4, -0.2) is 28.9 Å². The first-order valence-electron chi connectivity index (χ1n) is 5.35. The van der Waals surface area contributed by atoms with Crippen LogP contribution in [0.2, 0.25) is 0 Å². The van der Waals surface area contributed by atoms with Gasteiger partial charge in [-0.05, 0) is 19.9 Å². The number of para-hydroxylation sites is 1. The van der Waals surface area contributed by atoms with Crippen LogP contribution in [0.4, 0.5) is 0 Å². The second-order valence-electron chi connectivity index (χ2n) is 3.43. The molecule has 0 fully saturated rings. The van der Waals surface area contributed by atoms with Crippen LogP contribution in [0.3, 0.4) is 0 Å². The molecular formula is C12H16O5. The zero-order chi connectivity index (χ0) is 12.8. The van der Waals surface area contributed by atoms with Crippen LogP contribution in [0.25, 0.3) is 0 Å². The lowest BCUT2D eigenvalue weighted by Gasteiger charge is -2.17. The number of carboxylic acid groups (broad SMARTS) is 1. The molecule has 0 heterocycles. The van der Waals surface area contributed by atoms with Crippen molar-refractivity contribution in [3.63, 3.8) is 0 Å². The van der Waals surface area contributed by atoms with E-state index < -0.39 is 12.1 Å². The average Bonchev–Trinajstić information content (AvgIpc) is 2.31. The number of aliphatic hydroxyl groups is 1. The van der Waals surface area contributed by atoms with Crippen LogP contribution in [0.1, 0.15) is 19.4 Å². The predicted molar refractivity (Wildman–Crippen MR) is 61.3 cm³/mol. The zero-order valence-corrected chi connectivity index (χ0v) is 9.84. The van der Waals surface area contributed by atoms with E-state index in [-0.39, 0.29) is 12.4 Å². The highest BCUT2D eigenvalue weighted by molar-refractivity contribution is 5.72. The molecule has 2 N–H and O–H groups in total. The minimum atomic E-state index is -1.07. The summed E-state index contributed by atoms with van der Waals surface area (Å²) in [5.41, 5.74) is 0.504. The van der Waals surface area contributed by atoms with Crippen molar-refractivity contribution in [3.8, 4) is 11.5 Å². The van der Waals surface area contributed by atoms with Gasteiger partial charge in [0.1, 0.15) is 0 Å². The first-order valence-corrected chi connectivity index (χ1v) is 5.35. The fraction of sp³-hybridized carbons (Fsp3) is 0.417. The van der Waals surface area contributed by atoms with Crippen molar-refractivity contribution in [1.29, 1.82) is 0 Å². The minimum absolute atomic E-state index is 0.234. The number of hydrogen-bond acceptors (Lipinski definition) is 4. The molecule has 1 aromatic carbocycles. The van der Waals surface area contributed by atoms with Gasteiger partial charge in [-0.2, -0.15) is 0 Å². The fourth-order valence-corrected chi connectivity index (χ4v) is 1.32. The van der Waals surface area contributed by atoms with Crippen LogP contribution in [-0.2, 0) is 11.4 Å². The van der Waals surface area contributed by atoms with Gasteiger partial charge in [-0.15, -0.1) is 0 Å². The highest BCUT2D eigenvalue weighted by Crippen LogP contribution is 2.32. The standard InChI is InChI=1S/C12H16O5/c1-3-16-10-6-4-5-9(7-13)11(10)17-8(2)12(14)15/h4-6,8,13H,3,7H2,1-2H3,(H,14,15). The number of aliphatic carboxylic acids is 1. The van der Waals surface area contributed by atoms with Crippen molar-refractivity contribution in [2.24, 2.45) is 0 Å². The van der Waals surface area contributed by atoms with E-state index >= 15 is 0 Å². The van der Waals surface area contributed by atoms with Gasteiger partial charge in [0, 0.05) is 5.56 Å². The molecule has 1 aromatic rings. The van der Waals surface area contributed by atoms with Crippen LogP contribution in [0.5, 0.6) is 11.5 Å². The predicted octanol–water partition coefficient (Wildman–Crippen LogP) is 1.43. The highest BCUT2D eigenvalue weighted by atomic mass is 16.5. The quantitative estimate of drug-likeness (QED) is 0.786. The molecule has 0 aliphatic rings. The summed E-state index contributed by atoms with van der Waals surface area (Å²) in [6.07, 6.45) is -0.998. The Labute approximate surface area is 99.6 Å². The van der Waals surface area contributed by atoms with Crippen molar-refractivity contribution < 1.29 is 24.5 Å². The first kappa shape index (κ1) is 13.3. The average molecular weight is 240 g/mol. The molecule has 0 saturated heterocycles. The summed E-state index contributed by atoms with van der Waals surface area (Å²) in [6.45, 7) is 3.44. The van der Waals surface area contributed by atoms with E-state index in [9.17, 15) is 9.90 Å². The normalized spacial score (nSPS) is 11.9. The molecule has 5 heteroatoms. The molecule has 1 rings (SSSR count). The molecule has 1 unspecified atom stereocenters. The zero-order valence-electron chi connectivity index (χ0n) is 9.84. The van der Waals surface area contributed by atoms with Crippen molar-refractivity contribution in [3.05, 3.63) is 23.8 Å². The van der Waals surface area contributed by atoms with Gasteiger partial charge in [-0.1, -0.05) is 12.1 Å². The van der Waals surface area contributed by atoms with Crippen molar-refractivity contribution >= 4 is 5.97 Å². The molecule has 0 amide bonds. The van der Waals surface area contributed by atoms with Crippen molar-refractivity contribution in [2.75, 3.05) is 6.61 Å². The largest absolute Gasteiger partial charge is 0.490 e. The Balaban J connectivity index is 3.03. The summed E-state index contributed by atoms with van der Waals surface area (Å²) in [5, 5.41) is 18.0. The van der Waals surface area contributed by atoms with Crippen LogP contribution in [0.15, 0.2) is 18.2 Å². The third-order valence-electron chi connectivity index (χ3n) is 2.17. The summed E-state index contributed by atoms with van der Waals surface area (Å²) < 4.78 is 10.6. The first-order chi connectivity index (χ1) is 8.10. The van der Waals surface area contributed by atoms with E-state index in [0.717, 1.165) is 0 Å². The molecule has 17 heavy (non-hydrogen) atoms. The highest BCUT2D eigenvalue weighted by Gasteiger charge is 2.18. The number of carbonyl (C=O) groups is 1. The Morgan fingerprint density at radius 2 is 2.18 bits per heavy atom. The number of benzene rings is 1. The second kappa shape index (κ2) is 6.10. The van der Waals surface area contributed by atoms with Gasteiger partial charge >= 0.3 is 5.97 Å². The SMILES string of the molecule is CCOc1cccc(CO)c1OC(C)C(=O)O. The Morgan fingerprint density at radius 3 is 2.71 bits per heavy atom. The van der Waals surface area contributed by atoms with Crippen molar-refractivity contribution in [2.45, 2.75) is 26.6 Å². The Bertz CT molecular complexity index is 388. The topological polar surface area (TPSA) is 76.0 Å². The Morgan fingerprint density at radius 1 is 1.47 bits per heavy atom.